The number of hydrogen-bond donors (Lipinski definition) is 0. The molecule has 2 heterocycles. The van der Waals surface area contributed by atoms with Gasteiger partial charge in [-0.2, -0.15) is 0 Å². The molecule has 7 heteroatoms. The maximum atomic E-state index is 13.5. The molecule has 1 amide bonds. The van der Waals surface area contributed by atoms with Gasteiger partial charge in [-0.05, 0) is 50.1 Å². The average molecular weight is 417 g/mol. The number of ether oxygens (including phenoxy) is 1. The van der Waals surface area contributed by atoms with Gasteiger partial charge in [-0.25, -0.2) is 9.37 Å². The molecule has 0 radical (unpaired) electrons. The number of amides is 1. The monoisotopic (exact) mass is 416 g/mol. The topological polar surface area (TPSA) is 42.4 Å². The quantitative estimate of drug-likeness (QED) is 0.528. The summed E-state index contributed by atoms with van der Waals surface area (Å²) in [7, 11) is 0. The first kappa shape index (κ1) is 19.4. The highest BCUT2D eigenvalue weighted by atomic mass is 32.2. The molecule has 4 nitrogen and oxygen atoms in total. The molecular weight excluding hydrogens is 395 g/mol. The maximum absolute atomic E-state index is 13.5. The van der Waals surface area contributed by atoms with E-state index in [-0.39, 0.29) is 17.8 Å². The molecule has 1 saturated heterocycles. The standard InChI is InChI=1S/C21H21FN2O2S2/c1-14-4-7-17(8-5-14)27-13-20(25)24(12-16-3-2-10-26-16)21-23-18-9-6-15(22)11-19(18)28-21/h4-9,11,16H,2-3,10,12-13H2,1H3. The van der Waals surface area contributed by atoms with Crippen LogP contribution in [0.25, 0.3) is 10.2 Å². The van der Waals surface area contributed by atoms with Crippen molar-refractivity contribution in [2.24, 2.45) is 0 Å². The van der Waals surface area contributed by atoms with E-state index in [1.54, 1.807) is 11.0 Å². The summed E-state index contributed by atoms with van der Waals surface area (Å²) in [6, 6.07) is 12.6. The van der Waals surface area contributed by atoms with E-state index >= 15 is 0 Å². The van der Waals surface area contributed by atoms with Crippen LogP contribution in [0.2, 0.25) is 0 Å². The van der Waals surface area contributed by atoms with Crippen LogP contribution in [-0.2, 0) is 9.53 Å². The van der Waals surface area contributed by atoms with Crippen LogP contribution in [0.1, 0.15) is 18.4 Å². The number of thiazole rings is 1. The number of anilines is 1. The Hall–Kier alpha value is -1.96. The number of nitrogens with zero attached hydrogens (tertiary/aromatic N) is 2. The Morgan fingerprint density at radius 2 is 2.14 bits per heavy atom. The van der Waals surface area contributed by atoms with E-state index in [4.69, 9.17) is 4.74 Å². The fraction of sp³-hybridized carbons (Fsp3) is 0.333. The number of fused-ring (bicyclic) bond motifs is 1. The number of aryl methyl sites for hydroxylation is 1. The third-order valence-corrected chi connectivity index (χ3v) is 6.70. The Balaban J connectivity index is 1.54. The van der Waals surface area contributed by atoms with Gasteiger partial charge in [0.15, 0.2) is 5.13 Å². The van der Waals surface area contributed by atoms with Crippen molar-refractivity contribution in [1.29, 1.82) is 0 Å². The first-order chi connectivity index (χ1) is 13.6. The van der Waals surface area contributed by atoms with Crippen LogP contribution >= 0.6 is 23.1 Å². The molecule has 0 N–H and O–H groups in total. The smallest absolute Gasteiger partial charge is 0.239 e. The van der Waals surface area contributed by atoms with Gasteiger partial charge in [0, 0.05) is 11.5 Å². The van der Waals surface area contributed by atoms with E-state index in [1.165, 1.54) is 40.8 Å². The molecule has 1 aliphatic rings. The van der Waals surface area contributed by atoms with Crippen molar-refractivity contribution >= 4 is 44.4 Å². The van der Waals surface area contributed by atoms with E-state index in [0.29, 0.717) is 22.9 Å². The molecule has 1 aliphatic heterocycles. The molecule has 0 bridgehead atoms. The lowest BCUT2D eigenvalue weighted by molar-refractivity contribution is -0.116. The van der Waals surface area contributed by atoms with E-state index < -0.39 is 0 Å². The Morgan fingerprint density at radius 1 is 1.32 bits per heavy atom. The molecule has 1 aromatic heterocycles. The van der Waals surface area contributed by atoms with Gasteiger partial charge in [0.2, 0.25) is 5.91 Å². The van der Waals surface area contributed by atoms with E-state index in [2.05, 4.69) is 4.98 Å². The molecule has 0 spiro atoms. The van der Waals surface area contributed by atoms with Crippen molar-refractivity contribution < 1.29 is 13.9 Å². The fourth-order valence-electron chi connectivity index (χ4n) is 3.14. The molecule has 0 aliphatic carbocycles. The van der Waals surface area contributed by atoms with Gasteiger partial charge in [0.05, 0.1) is 28.6 Å². The highest BCUT2D eigenvalue weighted by Gasteiger charge is 2.26. The lowest BCUT2D eigenvalue weighted by atomic mass is 10.2. The van der Waals surface area contributed by atoms with E-state index in [1.807, 2.05) is 31.2 Å². The average Bonchev–Trinajstić information content (AvgIpc) is 3.34. The maximum Gasteiger partial charge on any atom is 0.239 e. The summed E-state index contributed by atoms with van der Waals surface area (Å²) in [5, 5.41) is 0.602. The molecule has 2 aromatic carbocycles. The van der Waals surface area contributed by atoms with Crippen molar-refractivity contribution in [2.75, 3.05) is 23.8 Å². The van der Waals surface area contributed by atoms with Gasteiger partial charge in [-0.3, -0.25) is 9.69 Å². The van der Waals surface area contributed by atoms with Gasteiger partial charge < -0.3 is 4.74 Å². The minimum absolute atomic E-state index is 0.0133. The molecule has 146 valence electrons. The third-order valence-electron chi connectivity index (χ3n) is 4.66. The van der Waals surface area contributed by atoms with Crippen molar-refractivity contribution in [3.63, 3.8) is 0 Å². The van der Waals surface area contributed by atoms with Crippen molar-refractivity contribution in [1.82, 2.24) is 4.98 Å². The predicted molar refractivity (Wildman–Crippen MR) is 113 cm³/mol. The summed E-state index contributed by atoms with van der Waals surface area (Å²) < 4.78 is 20.0. The van der Waals surface area contributed by atoms with Crippen molar-refractivity contribution in [3.05, 3.63) is 53.8 Å². The molecule has 3 aromatic rings. The number of rotatable bonds is 6. The van der Waals surface area contributed by atoms with Gasteiger partial charge in [-0.15, -0.1) is 11.8 Å². The minimum atomic E-state index is -0.297. The number of carbonyl (C=O) groups excluding carboxylic acids is 1. The fourth-order valence-corrected chi connectivity index (χ4v) is 4.93. The number of thioether (sulfide) groups is 1. The van der Waals surface area contributed by atoms with Crippen LogP contribution in [0, 0.1) is 12.7 Å². The molecule has 1 unspecified atom stereocenters. The highest BCUT2D eigenvalue weighted by molar-refractivity contribution is 8.00. The summed E-state index contributed by atoms with van der Waals surface area (Å²) in [4.78, 5) is 20.4. The Morgan fingerprint density at radius 3 is 2.89 bits per heavy atom. The first-order valence-electron chi connectivity index (χ1n) is 9.26. The zero-order valence-electron chi connectivity index (χ0n) is 15.6. The molecular formula is C21H21FN2O2S2. The molecule has 1 atom stereocenters. The largest absolute Gasteiger partial charge is 0.376 e. The lowest BCUT2D eigenvalue weighted by Crippen LogP contribution is -2.38. The van der Waals surface area contributed by atoms with Gasteiger partial charge in [0.25, 0.3) is 0 Å². The SMILES string of the molecule is Cc1ccc(SCC(=O)N(CC2CCCO2)c2nc3ccc(F)cc3s2)cc1. The van der Waals surface area contributed by atoms with Crippen LogP contribution in [0.5, 0.6) is 0 Å². The first-order valence-corrected chi connectivity index (χ1v) is 11.1. The molecule has 4 rings (SSSR count). The second kappa shape index (κ2) is 8.59. The molecule has 1 fully saturated rings. The normalized spacial score (nSPS) is 16.6. The van der Waals surface area contributed by atoms with Crippen molar-refractivity contribution in [2.45, 2.75) is 30.8 Å². The summed E-state index contributed by atoms with van der Waals surface area (Å²) >= 11 is 2.86. The minimum Gasteiger partial charge on any atom is -0.376 e. The van der Waals surface area contributed by atoms with Gasteiger partial charge in [-0.1, -0.05) is 29.0 Å². The number of carbonyl (C=O) groups is 1. The van der Waals surface area contributed by atoms with Gasteiger partial charge >= 0.3 is 0 Å². The summed E-state index contributed by atoms with van der Waals surface area (Å²) in [6.07, 6.45) is 1.97. The highest BCUT2D eigenvalue weighted by Crippen LogP contribution is 2.31. The van der Waals surface area contributed by atoms with E-state index in [0.717, 1.165) is 29.0 Å². The lowest BCUT2D eigenvalue weighted by Gasteiger charge is -2.23. The number of halogens is 1. The van der Waals surface area contributed by atoms with Crippen LogP contribution in [0.3, 0.4) is 0 Å². The van der Waals surface area contributed by atoms with Crippen LogP contribution in [0.15, 0.2) is 47.4 Å². The van der Waals surface area contributed by atoms with Crippen LogP contribution < -0.4 is 4.90 Å². The van der Waals surface area contributed by atoms with E-state index in [9.17, 15) is 9.18 Å². The van der Waals surface area contributed by atoms with Crippen molar-refractivity contribution in [3.8, 4) is 0 Å². The Kier molecular flexibility index (Phi) is 5.94. The number of hydrogen-bond acceptors (Lipinski definition) is 5. The predicted octanol–water partition coefficient (Wildman–Crippen LogP) is 5.05. The molecule has 0 saturated carbocycles. The van der Waals surface area contributed by atoms with Crippen LogP contribution in [-0.4, -0.2) is 35.9 Å². The summed E-state index contributed by atoms with van der Waals surface area (Å²) in [6.45, 7) is 3.25. The number of aromatic nitrogens is 1. The zero-order chi connectivity index (χ0) is 19.5. The molecule has 28 heavy (non-hydrogen) atoms. The summed E-state index contributed by atoms with van der Waals surface area (Å²) in [5.74, 6) is 0.00954. The second-order valence-electron chi connectivity index (χ2n) is 6.85. The second-order valence-corrected chi connectivity index (χ2v) is 8.91. The van der Waals surface area contributed by atoms with Gasteiger partial charge in [0.1, 0.15) is 5.82 Å². The Bertz CT molecular complexity index is 968. The summed E-state index contributed by atoms with van der Waals surface area (Å²) in [5.41, 5.74) is 1.90. The number of benzene rings is 2. The van der Waals surface area contributed by atoms with Crippen LogP contribution in [0.4, 0.5) is 9.52 Å². The zero-order valence-corrected chi connectivity index (χ0v) is 17.2. The third kappa shape index (κ3) is 4.54. The Labute approximate surface area is 171 Å².